The van der Waals surface area contributed by atoms with Crippen LogP contribution in [0.15, 0.2) is 66.7 Å². The van der Waals surface area contributed by atoms with Crippen LogP contribution < -0.4 is 7.85 Å². The average Bonchev–Trinajstić information content (AvgIpc) is 2.99. The Hall–Kier alpha value is -2.00. The first-order valence-electron chi connectivity index (χ1n) is 7.65. The molecule has 1 heterocycles. The van der Waals surface area contributed by atoms with Crippen LogP contribution in [0.4, 0.5) is 24.5 Å². The number of benzene rings is 3. The molecule has 0 aliphatic rings. The molecule has 0 amide bonds. The second-order valence-corrected chi connectivity index (χ2v) is 7.57. The van der Waals surface area contributed by atoms with E-state index in [0.29, 0.717) is 5.69 Å². The summed E-state index contributed by atoms with van der Waals surface area (Å²) in [4.78, 5) is 0. The van der Waals surface area contributed by atoms with E-state index in [-0.39, 0.29) is 5.75 Å². The topological polar surface area (TPSA) is 12.5 Å². The summed E-state index contributed by atoms with van der Waals surface area (Å²) in [6.45, 7) is 0. The van der Waals surface area contributed by atoms with Gasteiger partial charge in [-0.15, -0.1) is 24.5 Å². The molecule has 0 fully saturated rings. The van der Waals surface area contributed by atoms with E-state index in [1.165, 1.54) is 12.1 Å². The second kappa shape index (κ2) is 6.62. The molecule has 0 radical (unpaired) electrons. The summed E-state index contributed by atoms with van der Waals surface area (Å²) in [5.41, 5.74) is 1.16. The van der Waals surface area contributed by atoms with Gasteiger partial charge in [0, 0.05) is 15.5 Å². The Morgan fingerprint density at radius 1 is 0.808 bits per heavy atom. The Morgan fingerprint density at radius 3 is 2.27 bits per heavy atom. The highest BCUT2D eigenvalue weighted by Gasteiger charge is 2.32. The van der Waals surface area contributed by atoms with Crippen molar-refractivity contribution in [2.75, 3.05) is 3.11 Å². The maximum absolute atomic E-state index is 12.7. The van der Waals surface area contributed by atoms with Crippen molar-refractivity contribution in [3.05, 3.63) is 66.7 Å². The van der Waals surface area contributed by atoms with Gasteiger partial charge in [0.2, 0.25) is 0 Å². The van der Waals surface area contributed by atoms with Gasteiger partial charge in [-0.05, 0) is 24.3 Å². The number of anilines is 2. The summed E-state index contributed by atoms with van der Waals surface area (Å²) in [7, 11) is 0. The normalized spacial score (nSPS) is 11.8. The van der Waals surface area contributed by atoms with Gasteiger partial charge in [-0.2, -0.15) is 0 Å². The van der Waals surface area contributed by atoms with E-state index in [2.05, 4.69) is 10.8 Å². The second-order valence-electron chi connectivity index (χ2n) is 5.55. The van der Waals surface area contributed by atoms with E-state index < -0.39 is 6.36 Å². The largest absolute Gasteiger partial charge is 0.573 e. The number of halogens is 4. The van der Waals surface area contributed by atoms with E-state index in [1.807, 2.05) is 59.3 Å². The number of ether oxygens (including phenoxy) is 1. The molecule has 0 unspecified atom stereocenters. The minimum atomic E-state index is -4.74. The third-order valence-electron chi connectivity index (χ3n) is 3.90. The van der Waals surface area contributed by atoms with Crippen LogP contribution >= 0.6 is 34.2 Å². The van der Waals surface area contributed by atoms with Gasteiger partial charge in [0.05, 0.1) is 38.9 Å². The van der Waals surface area contributed by atoms with Crippen molar-refractivity contribution in [3.63, 3.8) is 0 Å². The number of hydrogen-bond acceptors (Lipinski definition) is 3. The number of hydrogen-bond donors (Lipinski definition) is 0. The number of para-hydroxylation sites is 2. The molecule has 0 saturated carbocycles. The van der Waals surface area contributed by atoms with E-state index >= 15 is 0 Å². The molecular formula is C19H11F3INOS. The smallest absolute Gasteiger partial charge is 0.404 e. The summed E-state index contributed by atoms with van der Waals surface area (Å²) in [6.07, 6.45) is -4.74. The molecule has 1 aromatic heterocycles. The van der Waals surface area contributed by atoms with Crippen molar-refractivity contribution in [2.45, 2.75) is 6.36 Å². The fraction of sp³-hybridized carbons (Fsp3) is 0.0526. The fourth-order valence-electron chi connectivity index (χ4n) is 2.85. The molecule has 132 valence electrons. The molecule has 26 heavy (non-hydrogen) atoms. The van der Waals surface area contributed by atoms with Crippen molar-refractivity contribution in [1.82, 2.24) is 0 Å². The van der Waals surface area contributed by atoms with Gasteiger partial charge in [0.15, 0.2) is 5.75 Å². The molecule has 0 spiro atoms. The van der Waals surface area contributed by atoms with Gasteiger partial charge in [0.1, 0.15) is 0 Å². The minimum Gasteiger partial charge on any atom is -0.404 e. The van der Waals surface area contributed by atoms with Crippen LogP contribution in [0.1, 0.15) is 0 Å². The first-order chi connectivity index (χ1) is 12.4. The monoisotopic (exact) mass is 485 g/mol. The fourth-order valence-corrected chi connectivity index (χ4v) is 5.02. The van der Waals surface area contributed by atoms with Crippen LogP contribution in [0.3, 0.4) is 0 Å². The lowest BCUT2D eigenvalue weighted by molar-refractivity contribution is -0.274. The summed E-state index contributed by atoms with van der Waals surface area (Å²) in [6, 6.07) is 20.0. The summed E-state index contributed by atoms with van der Waals surface area (Å²) in [5.74, 6) is -0.229. The molecule has 0 atom stereocenters. The van der Waals surface area contributed by atoms with Crippen molar-refractivity contribution in [1.29, 1.82) is 0 Å². The van der Waals surface area contributed by atoms with Crippen LogP contribution in [0.2, 0.25) is 0 Å². The zero-order valence-electron chi connectivity index (χ0n) is 13.1. The van der Waals surface area contributed by atoms with Gasteiger partial charge in [-0.25, -0.2) is 0 Å². The highest BCUT2D eigenvalue weighted by Crippen LogP contribution is 2.45. The molecule has 4 aromatic rings. The summed E-state index contributed by atoms with van der Waals surface area (Å²) < 4.78 is 46.3. The van der Waals surface area contributed by atoms with Crippen LogP contribution in [0.25, 0.3) is 20.2 Å². The van der Waals surface area contributed by atoms with Crippen LogP contribution in [-0.2, 0) is 0 Å². The lowest BCUT2D eigenvalue weighted by atomic mass is 10.1. The summed E-state index contributed by atoms with van der Waals surface area (Å²) >= 11 is 3.64. The predicted octanol–water partition coefficient (Wildman–Crippen LogP) is 7.44. The van der Waals surface area contributed by atoms with Crippen LogP contribution in [-0.4, -0.2) is 6.36 Å². The van der Waals surface area contributed by atoms with Gasteiger partial charge in [-0.1, -0.05) is 42.5 Å². The third-order valence-corrected chi connectivity index (χ3v) is 6.15. The molecule has 3 aromatic carbocycles. The molecule has 0 saturated heterocycles. The Balaban J connectivity index is 1.86. The highest BCUT2D eigenvalue weighted by molar-refractivity contribution is 14.1. The number of fused-ring (bicyclic) bond motifs is 3. The van der Waals surface area contributed by atoms with Crippen molar-refractivity contribution in [3.8, 4) is 5.75 Å². The number of thiophene rings is 1. The first kappa shape index (κ1) is 17.4. The van der Waals surface area contributed by atoms with Gasteiger partial charge >= 0.3 is 6.36 Å². The van der Waals surface area contributed by atoms with Crippen molar-refractivity contribution >= 4 is 65.7 Å². The Bertz CT molecular complexity index is 1090. The lowest BCUT2D eigenvalue weighted by Crippen LogP contribution is -2.18. The maximum atomic E-state index is 12.7. The molecule has 0 aliphatic heterocycles. The SMILES string of the molecule is FC(F)(F)Oc1ccccc1N(I)c1cccc2c1sc1ccccc12. The van der Waals surface area contributed by atoms with E-state index in [4.69, 9.17) is 0 Å². The van der Waals surface area contributed by atoms with Crippen molar-refractivity contribution < 1.29 is 17.9 Å². The summed E-state index contributed by atoms with van der Waals surface area (Å²) in [5, 5.41) is 2.22. The Morgan fingerprint density at radius 2 is 1.46 bits per heavy atom. The van der Waals surface area contributed by atoms with Gasteiger partial charge in [-0.3, -0.25) is 3.11 Å². The van der Waals surface area contributed by atoms with Crippen molar-refractivity contribution in [2.24, 2.45) is 0 Å². The molecule has 0 N–H and O–H groups in total. The first-order valence-corrected chi connectivity index (χ1v) is 9.43. The molecule has 0 bridgehead atoms. The molecule has 7 heteroatoms. The average molecular weight is 485 g/mol. The van der Waals surface area contributed by atoms with E-state index in [1.54, 1.807) is 26.6 Å². The van der Waals surface area contributed by atoms with E-state index in [0.717, 1.165) is 25.9 Å². The maximum Gasteiger partial charge on any atom is 0.573 e. The number of nitrogens with zero attached hydrogens (tertiary/aromatic N) is 1. The van der Waals surface area contributed by atoms with Crippen LogP contribution in [0.5, 0.6) is 5.75 Å². The molecule has 4 rings (SSSR count). The van der Waals surface area contributed by atoms with Crippen LogP contribution in [0, 0.1) is 0 Å². The molecule has 0 aliphatic carbocycles. The minimum absolute atomic E-state index is 0.229. The van der Waals surface area contributed by atoms with Gasteiger partial charge < -0.3 is 4.74 Å². The Kier molecular flexibility index (Phi) is 4.44. The standard InChI is InChI=1S/C19H11F3INOS/c20-19(21,22)25-16-10-3-2-8-14(16)24(23)15-9-5-7-13-12-6-1-4-11-17(12)26-18(13)15/h1-11H. The molecular weight excluding hydrogens is 474 g/mol. The number of rotatable bonds is 3. The number of alkyl halides is 3. The molecule has 2 nitrogen and oxygen atoms in total. The highest BCUT2D eigenvalue weighted by atomic mass is 127. The Labute approximate surface area is 165 Å². The third kappa shape index (κ3) is 3.21. The zero-order valence-corrected chi connectivity index (χ0v) is 16.1. The predicted molar refractivity (Wildman–Crippen MR) is 109 cm³/mol. The zero-order chi connectivity index (χ0) is 18.3. The van der Waals surface area contributed by atoms with Gasteiger partial charge in [0.25, 0.3) is 0 Å². The lowest BCUT2D eigenvalue weighted by Gasteiger charge is -2.21. The quantitative estimate of drug-likeness (QED) is 0.221. The van der Waals surface area contributed by atoms with E-state index in [9.17, 15) is 13.2 Å².